The zero-order valence-electron chi connectivity index (χ0n) is 16.0. The first-order valence-corrected chi connectivity index (χ1v) is 9.98. The first-order valence-electron chi connectivity index (χ1n) is 8.79. The van der Waals surface area contributed by atoms with Crippen LogP contribution in [0.2, 0.25) is 5.02 Å². The number of aromatic nitrogens is 2. The van der Waals surface area contributed by atoms with E-state index >= 15 is 0 Å². The van der Waals surface area contributed by atoms with Gasteiger partial charge in [0.05, 0.1) is 17.4 Å². The number of carbonyl (C=O) groups excluding carboxylic acids is 1. The number of benzene rings is 1. The van der Waals surface area contributed by atoms with Gasteiger partial charge < -0.3 is 10.1 Å². The van der Waals surface area contributed by atoms with Gasteiger partial charge >= 0.3 is 6.18 Å². The largest absolute Gasteiger partial charge is 0.482 e. The number of hydrogen-bond acceptors (Lipinski definition) is 5. The van der Waals surface area contributed by atoms with Crippen molar-refractivity contribution in [2.45, 2.75) is 33.0 Å². The summed E-state index contributed by atoms with van der Waals surface area (Å²) in [6, 6.07) is 3.89. The minimum atomic E-state index is -4.52. The van der Waals surface area contributed by atoms with E-state index in [2.05, 4.69) is 10.3 Å². The van der Waals surface area contributed by atoms with Gasteiger partial charge in [-0.1, -0.05) is 11.6 Å². The molecular formula is C19H17ClF3N3O3S. The maximum Gasteiger partial charge on any atom is 0.422 e. The molecule has 6 nitrogen and oxygen atoms in total. The van der Waals surface area contributed by atoms with E-state index in [1.54, 1.807) is 0 Å². The predicted octanol–water partition coefficient (Wildman–Crippen LogP) is 4.70. The van der Waals surface area contributed by atoms with Crippen LogP contribution in [0.5, 0.6) is 5.75 Å². The van der Waals surface area contributed by atoms with Crippen molar-refractivity contribution in [3.8, 4) is 5.75 Å². The molecule has 3 rings (SSSR count). The summed E-state index contributed by atoms with van der Waals surface area (Å²) >= 11 is 7.30. The Morgan fingerprint density at radius 3 is 2.77 bits per heavy atom. The normalized spacial score (nSPS) is 11.7. The molecule has 11 heteroatoms. The van der Waals surface area contributed by atoms with E-state index in [-0.39, 0.29) is 35.0 Å². The van der Waals surface area contributed by atoms with E-state index in [0.29, 0.717) is 10.2 Å². The Labute approximate surface area is 178 Å². The molecule has 0 atom stereocenters. The van der Waals surface area contributed by atoms with Crippen LogP contribution in [0.3, 0.4) is 0 Å². The van der Waals surface area contributed by atoms with Crippen LogP contribution in [-0.2, 0) is 11.3 Å². The zero-order valence-corrected chi connectivity index (χ0v) is 17.5. The molecule has 0 spiro atoms. The van der Waals surface area contributed by atoms with Gasteiger partial charge in [-0.15, -0.1) is 11.3 Å². The van der Waals surface area contributed by atoms with Crippen LogP contribution >= 0.6 is 22.9 Å². The maximum absolute atomic E-state index is 12.7. The number of alkyl halides is 3. The maximum atomic E-state index is 12.7. The molecule has 0 radical (unpaired) electrons. The second-order valence-corrected chi connectivity index (χ2v) is 8.19. The number of rotatable bonds is 6. The fourth-order valence-corrected chi connectivity index (χ4v) is 3.91. The van der Waals surface area contributed by atoms with Gasteiger partial charge in [-0.05, 0) is 37.6 Å². The number of hydrogen-bond donors (Lipinski definition) is 1. The minimum Gasteiger partial charge on any atom is -0.482 e. The molecule has 0 bridgehead atoms. The summed E-state index contributed by atoms with van der Waals surface area (Å²) in [5.41, 5.74) is 0.630. The number of ether oxygens (including phenoxy) is 1. The summed E-state index contributed by atoms with van der Waals surface area (Å²) in [7, 11) is 0. The van der Waals surface area contributed by atoms with Gasteiger partial charge in [0.15, 0.2) is 6.61 Å². The molecule has 30 heavy (non-hydrogen) atoms. The monoisotopic (exact) mass is 459 g/mol. The number of thiophene rings is 1. The topological polar surface area (TPSA) is 73.2 Å². The molecule has 0 saturated carbocycles. The first kappa shape index (κ1) is 22.1. The Bertz CT molecular complexity index is 1160. The van der Waals surface area contributed by atoms with Crippen molar-refractivity contribution in [2.75, 3.05) is 11.9 Å². The summed E-state index contributed by atoms with van der Waals surface area (Å²) in [6.07, 6.45) is -3.24. The van der Waals surface area contributed by atoms with Crippen LogP contribution in [-0.4, -0.2) is 28.2 Å². The SMILES string of the molecule is Cc1sc2ncn(CCC(=O)Nc3cc(Cl)ccc3OCC(F)(F)F)c(=O)c2c1C. The Morgan fingerprint density at radius 1 is 1.33 bits per heavy atom. The van der Waals surface area contributed by atoms with Gasteiger partial charge in [0.1, 0.15) is 10.6 Å². The van der Waals surface area contributed by atoms with Crippen molar-refractivity contribution in [3.63, 3.8) is 0 Å². The molecule has 3 aromatic rings. The molecule has 1 aromatic carbocycles. The third-order valence-corrected chi connectivity index (χ3v) is 5.69. The van der Waals surface area contributed by atoms with Crippen molar-refractivity contribution in [3.05, 3.63) is 50.3 Å². The lowest BCUT2D eigenvalue weighted by molar-refractivity contribution is -0.153. The molecule has 0 fully saturated rings. The molecule has 2 aromatic heterocycles. The number of carbonyl (C=O) groups is 1. The Hall–Kier alpha value is -2.59. The average Bonchev–Trinajstić information content (AvgIpc) is 2.94. The van der Waals surface area contributed by atoms with Crippen molar-refractivity contribution in [2.24, 2.45) is 0 Å². The van der Waals surface area contributed by atoms with Crippen LogP contribution < -0.4 is 15.6 Å². The summed E-state index contributed by atoms with van der Waals surface area (Å²) in [5.74, 6) is -0.672. The number of aryl methyl sites for hydroxylation is 3. The molecule has 0 saturated heterocycles. The second-order valence-electron chi connectivity index (χ2n) is 6.55. The van der Waals surface area contributed by atoms with Crippen molar-refractivity contribution in [1.82, 2.24) is 9.55 Å². The predicted molar refractivity (Wildman–Crippen MR) is 110 cm³/mol. The van der Waals surface area contributed by atoms with Gasteiger partial charge in [0.25, 0.3) is 5.56 Å². The number of fused-ring (bicyclic) bond motifs is 1. The minimum absolute atomic E-state index is 0.0157. The third kappa shape index (κ3) is 5.11. The standard InChI is InChI=1S/C19H17ClF3N3O3S/c1-10-11(2)30-17-16(10)18(28)26(9-24-17)6-5-15(27)25-13-7-12(20)3-4-14(13)29-8-19(21,22)23/h3-4,7,9H,5-6,8H2,1-2H3,(H,25,27). The Kier molecular flexibility index (Phi) is 6.37. The third-order valence-electron chi connectivity index (χ3n) is 4.34. The molecule has 1 amide bonds. The number of amides is 1. The van der Waals surface area contributed by atoms with E-state index in [1.807, 2.05) is 13.8 Å². The fraction of sp³-hybridized carbons (Fsp3) is 0.316. The summed E-state index contributed by atoms with van der Waals surface area (Å²) in [4.78, 5) is 30.9. The highest BCUT2D eigenvalue weighted by molar-refractivity contribution is 7.18. The number of halogens is 4. The Balaban J connectivity index is 1.72. The molecule has 0 aliphatic carbocycles. The molecule has 160 valence electrons. The number of nitrogens with one attached hydrogen (secondary N) is 1. The summed E-state index contributed by atoms with van der Waals surface area (Å²) < 4.78 is 43.4. The van der Waals surface area contributed by atoms with E-state index in [0.717, 1.165) is 10.4 Å². The highest BCUT2D eigenvalue weighted by Crippen LogP contribution is 2.30. The molecule has 2 heterocycles. The van der Waals surface area contributed by atoms with Crippen molar-refractivity contribution < 1.29 is 22.7 Å². The molecule has 1 N–H and O–H groups in total. The molecule has 0 aliphatic rings. The van der Waals surface area contributed by atoms with Gasteiger partial charge in [-0.3, -0.25) is 14.2 Å². The average molecular weight is 460 g/mol. The lowest BCUT2D eigenvalue weighted by Crippen LogP contribution is -2.24. The lowest BCUT2D eigenvalue weighted by atomic mass is 10.2. The van der Waals surface area contributed by atoms with Crippen molar-refractivity contribution in [1.29, 1.82) is 0 Å². The van der Waals surface area contributed by atoms with Gasteiger partial charge in [-0.2, -0.15) is 13.2 Å². The quantitative estimate of drug-likeness (QED) is 0.580. The molecular weight excluding hydrogens is 443 g/mol. The first-order chi connectivity index (χ1) is 14.0. The molecule has 0 unspecified atom stereocenters. The summed E-state index contributed by atoms with van der Waals surface area (Å²) in [5, 5.41) is 3.23. The van der Waals surface area contributed by atoms with Crippen LogP contribution in [0.15, 0.2) is 29.3 Å². The van der Waals surface area contributed by atoms with Gasteiger partial charge in [-0.25, -0.2) is 4.98 Å². The highest BCUT2D eigenvalue weighted by Gasteiger charge is 2.29. The van der Waals surface area contributed by atoms with Crippen molar-refractivity contribution >= 4 is 44.7 Å². The lowest BCUT2D eigenvalue weighted by Gasteiger charge is -2.14. The number of nitrogens with zero attached hydrogens (tertiary/aromatic N) is 2. The smallest absolute Gasteiger partial charge is 0.422 e. The van der Waals surface area contributed by atoms with E-state index in [4.69, 9.17) is 16.3 Å². The van der Waals surface area contributed by atoms with E-state index < -0.39 is 18.7 Å². The number of anilines is 1. The molecule has 0 aliphatic heterocycles. The zero-order chi connectivity index (χ0) is 22.1. The van der Waals surface area contributed by atoms with E-state index in [1.165, 1.54) is 40.4 Å². The highest BCUT2D eigenvalue weighted by atomic mass is 35.5. The Morgan fingerprint density at radius 2 is 2.07 bits per heavy atom. The summed E-state index contributed by atoms with van der Waals surface area (Å²) in [6.45, 7) is 2.30. The van der Waals surface area contributed by atoms with E-state index in [9.17, 15) is 22.8 Å². The fourth-order valence-electron chi connectivity index (χ4n) is 2.75. The van der Waals surface area contributed by atoms with Crippen LogP contribution in [0.25, 0.3) is 10.2 Å². The van der Waals surface area contributed by atoms with Crippen LogP contribution in [0, 0.1) is 13.8 Å². The second kappa shape index (κ2) is 8.65. The van der Waals surface area contributed by atoms with Crippen LogP contribution in [0.1, 0.15) is 16.9 Å². The van der Waals surface area contributed by atoms with Gasteiger partial charge in [0, 0.05) is 22.9 Å². The van der Waals surface area contributed by atoms with Crippen LogP contribution in [0.4, 0.5) is 18.9 Å². The van der Waals surface area contributed by atoms with Gasteiger partial charge in [0.2, 0.25) is 5.91 Å².